The number of rotatable bonds is 3. The second-order valence-electron chi connectivity index (χ2n) is 6.88. The van der Waals surface area contributed by atoms with Gasteiger partial charge in [0.1, 0.15) is 5.82 Å². The van der Waals surface area contributed by atoms with Crippen LogP contribution in [0, 0.1) is 11.6 Å². The van der Waals surface area contributed by atoms with E-state index in [1.807, 2.05) is 0 Å². The molecular formula is C21H17F2N3O. The van der Waals surface area contributed by atoms with E-state index in [9.17, 15) is 13.9 Å². The fourth-order valence-corrected chi connectivity index (χ4v) is 3.10. The SMILES string of the molecule is CC(C)(O)c1ccn2c(-c3ccnc(-c4cccc(F)c4)c3)cnc2c1F. The van der Waals surface area contributed by atoms with Crippen LogP contribution in [0.15, 0.2) is 61.1 Å². The molecule has 4 aromatic rings. The van der Waals surface area contributed by atoms with Gasteiger partial charge in [-0.25, -0.2) is 13.8 Å². The fourth-order valence-electron chi connectivity index (χ4n) is 3.10. The molecule has 27 heavy (non-hydrogen) atoms. The summed E-state index contributed by atoms with van der Waals surface area (Å²) in [5, 5.41) is 10.1. The van der Waals surface area contributed by atoms with Gasteiger partial charge in [-0.1, -0.05) is 12.1 Å². The molecule has 0 aliphatic heterocycles. The lowest BCUT2D eigenvalue weighted by Crippen LogP contribution is -2.18. The van der Waals surface area contributed by atoms with Gasteiger partial charge in [-0.15, -0.1) is 0 Å². The normalized spacial score (nSPS) is 11.9. The van der Waals surface area contributed by atoms with E-state index in [-0.39, 0.29) is 17.0 Å². The number of pyridine rings is 2. The lowest BCUT2D eigenvalue weighted by atomic mass is 9.99. The molecule has 0 aliphatic rings. The van der Waals surface area contributed by atoms with Gasteiger partial charge in [-0.3, -0.25) is 9.38 Å². The number of aromatic nitrogens is 3. The first-order valence-electron chi connectivity index (χ1n) is 8.45. The van der Waals surface area contributed by atoms with Crippen molar-refractivity contribution in [2.75, 3.05) is 0 Å². The van der Waals surface area contributed by atoms with E-state index in [4.69, 9.17) is 0 Å². The Bertz CT molecular complexity index is 1150. The third kappa shape index (κ3) is 3.08. The zero-order chi connectivity index (χ0) is 19.2. The number of hydrogen-bond acceptors (Lipinski definition) is 3. The summed E-state index contributed by atoms with van der Waals surface area (Å²) in [6.07, 6.45) is 4.87. The Kier molecular flexibility index (Phi) is 4.00. The van der Waals surface area contributed by atoms with Gasteiger partial charge < -0.3 is 5.11 Å². The summed E-state index contributed by atoms with van der Waals surface area (Å²) in [5.41, 5.74) is 1.71. The summed E-state index contributed by atoms with van der Waals surface area (Å²) >= 11 is 0. The molecular weight excluding hydrogens is 348 g/mol. The van der Waals surface area contributed by atoms with Gasteiger partial charge in [0.15, 0.2) is 11.5 Å². The van der Waals surface area contributed by atoms with Gasteiger partial charge in [0.25, 0.3) is 0 Å². The first-order valence-corrected chi connectivity index (χ1v) is 8.45. The van der Waals surface area contributed by atoms with Gasteiger partial charge in [0.05, 0.1) is 23.2 Å². The number of halogens is 2. The van der Waals surface area contributed by atoms with Gasteiger partial charge in [-0.2, -0.15) is 0 Å². The molecule has 0 bridgehead atoms. The fraction of sp³-hybridized carbons (Fsp3) is 0.143. The summed E-state index contributed by atoms with van der Waals surface area (Å²) in [6, 6.07) is 11.3. The Hall–Kier alpha value is -3.12. The van der Waals surface area contributed by atoms with Crippen molar-refractivity contribution >= 4 is 5.65 Å². The maximum absolute atomic E-state index is 14.8. The lowest BCUT2D eigenvalue weighted by Gasteiger charge is -2.18. The van der Waals surface area contributed by atoms with Gasteiger partial charge in [0.2, 0.25) is 0 Å². The van der Waals surface area contributed by atoms with Crippen LogP contribution in [-0.2, 0) is 5.60 Å². The Labute approximate surface area is 154 Å². The molecule has 6 heteroatoms. The maximum atomic E-state index is 14.8. The Morgan fingerprint density at radius 3 is 2.56 bits per heavy atom. The van der Waals surface area contributed by atoms with E-state index < -0.39 is 11.4 Å². The standard InChI is InChI=1S/C21H17F2N3O/c1-21(2,27)16-7-9-26-18(12-25-20(26)19(16)23)14-6-8-24-17(11-14)13-4-3-5-15(22)10-13/h3-12,27H,1-2H3. The molecule has 4 rings (SSSR count). The zero-order valence-electron chi connectivity index (χ0n) is 14.8. The third-order valence-corrected chi connectivity index (χ3v) is 4.46. The van der Waals surface area contributed by atoms with Crippen LogP contribution in [0.4, 0.5) is 8.78 Å². The molecule has 0 saturated carbocycles. The highest BCUT2D eigenvalue weighted by Gasteiger charge is 2.23. The molecule has 0 amide bonds. The van der Waals surface area contributed by atoms with E-state index in [1.54, 1.807) is 53.3 Å². The highest BCUT2D eigenvalue weighted by Crippen LogP contribution is 2.29. The summed E-state index contributed by atoms with van der Waals surface area (Å²) in [6.45, 7) is 3.06. The molecule has 4 nitrogen and oxygen atoms in total. The predicted molar refractivity (Wildman–Crippen MR) is 99.0 cm³/mol. The van der Waals surface area contributed by atoms with Crippen molar-refractivity contribution in [3.05, 3.63) is 78.3 Å². The molecule has 0 unspecified atom stereocenters. The lowest BCUT2D eigenvalue weighted by molar-refractivity contribution is 0.0746. The number of imidazole rings is 1. The average Bonchev–Trinajstić information content (AvgIpc) is 3.06. The van der Waals surface area contributed by atoms with Crippen LogP contribution in [0.1, 0.15) is 19.4 Å². The molecule has 0 atom stereocenters. The Morgan fingerprint density at radius 2 is 1.81 bits per heavy atom. The van der Waals surface area contributed by atoms with Crippen LogP contribution in [0.5, 0.6) is 0 Å². The van der Waals surface area contributed by atoms with E-state index in [0.717, 1.165) is 5.56 Å². The van der Waals surface area contributed by atoms with Gasteiger partial charge >= 0.3 is 0 Å². The number of hydrogen-bond donors (Lipinski definition) is 1. The maximum Gasteiger partial charge on any atom is 0.174 e. The van der Waals surface area contributed by atoms with Gasteiger partial charge in [0, 0.05) is 29.1 Å². The van der Waals surface area contributed by atoms with Crippen molar-refractivity contribution < 1.29 is 13.9 Å². The number of nitrogens with zero attached hydrogens (tertiary/aromatic N) is 3. The van der Waals surface area contributed by atoms with Crippen molar-refractivity contribution in [2.24, 2.45) is 0 Å². The van der Waals surface area contributed by atoms with Crippen LogP contribution in [0.2, 0.25) is 0 Å². The van der Waals surface area contributed by atoms with E-state index in [1.165, 1.54) is 26.0 Å². The monoisotopic (exact) mass is 365 g/mol. The zero-order valence-corrected chi connectivity index (χ0v) is 14.8. The molecule has 0 fully saturated rings. The van der Waals surface area contributed by atoms with Crippen LogP contribution in [-0.4, -0.2) is 19.5 Å². The summed E-state index contributed by atoms with van der Waals surface area (Å²) in [5.74, 6) is -0.897. The topological polar surface area (TPSA) is 50.4 Å². The average molecular weight is 365 g/mol. The van der Waals surface area contributed by atoms with Crippen molar-refractivity contribution in [1.82, 2.24) is 14.4 Å². The highest BCUT2D eigenvalue weighted by atomic mass is 19.1. The largest absolute Gasteiger partial charge is 0.386 e. The van der Waals surface area contributed by atoms with Crippen molar-refractivity contribution in [3.63, 3.8) is 0 Å². The first-order chi connectivity index (χ1) is 12.8. The number of aliphatic hydroxyl groups is 1. The van der Waals surface area contributed by atoms with Crippen LogP contribution in [0.25, 0.3) is 28.2 Å². The van der Waals surface area contributed by atoms with E-state index >= 15 is 0 Å². The van der Waals surface area contributed by atoms with E-state index in [2.05, 4.69) is 9.97 Å². The Morgan fingerprint density at radius 1 is 1.00 bits per heavy atom. The molecule has 1 N–H and O–H groups in total. The molecule has 0 saturated heterocycles. The van der Waals surface area contributed by atoms with Crippen LogP contribution >= 0.6 is 0 Å². The number of benzene rings is 1. The molecule has 3 heterocycles. The minimum atomic E-state index is -1.31. The van der Waals surface area contributed by atoms with Crippen LogP contribution in [0.3, 0.4) is 0 Å². The summed E-state index contributed by atoms with van der Waals surface area (Å²) in [7, 11) is 0. The highest BCUT2D eigenvalue weighted by molar-refractivity contribution is 5.70. The second-order valence-corrected chi connectivity index (χ2v) is 6.88. The molecule has 0 radical (unpaired) electrons. The minimum absolute atomic E-state index is 0.133. The summed E-state index contributed by atoms with van der Waals surface area (Å²) < 4.78 is 29.9. The quantitative estimate of drug-likeness (QED) is 0.579. The first kappa shape index (κ1) is 17.3. The molecule has 0 aliphatic carbocycles. The number of fused-ring (bicyclic) bond motifs is 1. The second kappa shape index (κ2) is 6.25. The Balaban J connectivity index is 1.84. The smallest absolute Gasteiger partial charge is 0.174 e. The molecule has 0 spiro atoms. The van der Waals surface area contributed by atoms with Gasteiger partial charge in [-0.05, 0) is 44.2 Å². The molecule has 3 aromatic heterocycles. The van der Waals surface area contributed by atoms with Crippen molar-refractivity contribution in [1.29, 1.82) is 0 Å². The molecule has 136 valence electrons. The van der Waals surface area contributed by atoms with Crippen LogP contribution < -0.4 is 0 Å². The van der Waals surface area contributed by atoms with Crippen molar-refractivity contribution in [2.45, 2.75) is 19.4 Å². The molecule has 1 aromatic carbocycles. The minimum Gasteiger partial charge on any atom is -0.386 e. The van der Waals surface area contributed by atoms with Crippen molar-refractivity contribution in [3.8, 4) is 22.5 Å². The van der Waals surface area contributed by atoms with E-state index in [0.29, 0.717) is 17.0 Å². The summed E-state index contributed by atoms with van der Waals surface area (Å²) in [4.78, 5) is 8.48. The predicted octanol–water partition coefficient (Wildman–Crippen LogP) is 4.57. The third-order valence-electron chi connectivity index (χ3n) is 4.46.